The lowest BCUT2D eigenvalue weighted by molar-refractivity contribution is 0.320. The van der Waals surface area contributed by atoms with Crippen LogP contribution in [0.2, 0.25) is 0 Å². The summed E-state index contributed by atoms with van der Waals surface area (Å²) >= 11 is 0. The van der Waals surface area contributed by atoms with Gasteiger partial charge in [-0.1, -0.05) is 42.5 Å². The lowest BCUT2D eigenvalue weighted by atomic mass is 10.0. The van der Waals surface area contributed by atoms with Crippen LogP contribution in [0, 0.1) is 6.92 Å². The van der Waals surface area contributed by atoms with Gasteiger partial charge in [0.1, 0.15) is 0 Å². The van der Waals surface area contributed by atoms with Gasteiger partial charge in [0.2, 0.25) is 0 Å². The Bertz CT molecular complexity index is 1040. The van der Waals surface area contributed by atoms with Crippen LogP contribution >= 0.6 is 0 Å². The number of benzene rings is 2. The second-order valence-electron chi connectivity index (χ2n) is 6.73. The molecule has 0 fully saturated rings. The van der Waals surface area contributed by atoms with E-state index >= 15 is 0 Å². The smallest absolute Gasteiger partial charge is 0.157 e. The van der Waals surface area contributed by atoms with E-state index in [4.69, 9.17) is 0 Å². The molecule has 2 aromatic heterocycles. The van der Waals surface area contributed by atoms with Crippen molar-refractivity contribution in [2.75, 3.05) is 7.05 Å². The third-order valence-corrected chi connectivity index (χ3v) is 4.69. The Morgan fingerprint density at radius 1 is 1.00 bits per heavy atom. The Balaban J connectivity index is 1.57. The minimum Gasteiger partial charge on any atom is -0.298 e. The van der Waals surface area contributed by atoms with Gasteiger partial charge >= 0.3 is 0 Å². The van der Waals surface area contributed by atoms with Gasteiger partial charge in [0.05, 0.1) is 5.69 Å². The number of aromatic nitrogens is 3. The minimum atomic E-state index is 0.862. The van der Waals surface area contributed by atoms with Gasteiger partial charge in [0.15, 0.2) is 5.65 Å². The molecule has 0 saturated carbocycles. The molecule has 0 aliphatic carbocycles. The summed E-state index contributed by atoms with van der Waals surface area (Å²) in [4.78, 5) is 6.92. The fourth-order valence-corrected chi connectivity index (χ4v) is 3.53. The molecule has 2 aromatic carbocycles. The highest BCUT2D eigenvalue weighted by Gasteiger charge is 2.09. The number of hydrogen-bond acceptors (Lipinski definition) is 3. The topological polar surface area (TPSA) is 34.0 Å². The zero-order chi connectivity index (χ0) is 17.4. The standard InChI is InChI=1S/C21H22N4/c1-15-20-11-16(12-22-21(20)25(3)23-15)13-24(2)14-18-9-6-8-17-7-4-5-10-19(17)18/h4-12H,13-14H2,1-3H3. The SMILES string of the molecule is Cc1nn(C)c2ncc(CN(C)Cc3cccc4ccccc34)cc12. The van der Waals surface area contributed by atoms with E-state index in [2.05, 4.69) is 70.6 Å². The van der Waals surface area contributed by atoms with Crippen LogP contribution in [-0.2, 0) is 20.1 Å². The maximum Gasteiger partial charge on any atom is 0.157 e. The molecule has 0 aliphatic rings. The van der Waals surface area contributed by atoms with Crippen LogP contribution in [0.1, 0.15) is 16.8 Å². The monoisotopic (exact) mass is 330 g/mol. The summed E-state index contributed by atoms with van der Waals surface area (Å²) in [5.41, 5.74) is 4.54. The molecule has 0 aliphatic heterocycles. The number of aryl methyl sites for hydroxylation is 2. The van der Waals surface area contributed by atoms with Crippen LogP contribution in [0.25, 0.3) is 21.8 Å². The van der Waals surface area contributed by atoms with Crippen molar-refractivity contribution in [2.24, 2.45) is 7.05 Å². The van der Waals surface area contributed by atoms with Gasteiger partial charge in [-0.3, -0.25) is 9.58 Å². The van der Waals surface area contributed by atoms with Crippen LogP contribution in [0.5, 0.6) is 0 Å². The van der Waals surface area contributed by atoms with Crippen LogP contribution < -0.4 is 0 Å². The Hall–Kier alpha value is -2.72. The predicted molar refractivity (Wildman–Crippen MR) is 102 cm³/mol. The summed E-state index contributed by atoms with van der Waals surface area (Å²) in [7, 11) is 4.09. The summed E-state index contributed by atoms with van der Waals surface area (Å²) in [5, 5.41) is 8.21. The van der Waals surface area contributed by atoms with Gasteiger partial charge in [0, 0.05) is 31.7 Å². The molecular weight excluding hydrogens is 308 g/mol. The molecule has 0 saturated heterocycles. The third kappa shape index (κ3) is 3.01. The van der Waals surface area contributed by atoms with E-state index in [-0.39, 0.29) is 0 Å². The van der Waals surface area contributed by atoms with Crippen molar-refractivity contribution < 1.29 is 0 Å². The van der Waals surface area contributed by atoms with Crippen molar-refractivity contribution in [1.29, 1.82) is 0 Å². The van der Waals surface area contributed by atoms with Crippen molar-refractivity contribution in [3.8, 4) is 0 Å². The average molecular weight is 330 g/mol. The molecule has 0 bridgehead atoms. The second-order valence-corrected chi connectivity index (χ2v) is 6.73. The third-order valence-electron chi connectivity index (χ3n) is 4.69. The lowest BCUT2D eigenvalue weighted by Gasteiger charge is -2.18. The molecule has 4 rings (SSSR count). The summed E-state index contributed by atoms with van der Waals surface area (Å²) in [6.07, 6.45) is 1.96. The van der Waals surface area contributed by atoms with E-state index in [9.17, 15) is 0 Å². The molecule has 2 heterocycles. The molecule has 0 unspecified atom stereocenters. The highest BCUT2D eigenvalue weighted by atomic mass is 15.3. The van der Waals surface area contributed by atoms with Gasteiger partial charge in [0.25, 0.3) is 0 Å². The molecule has 4 nitrogen and oxygen atoms in total. The Morgan fingerprint density at radius 3 is 2.68 bits per heavy atom. The van der Waals surface area contributed by atoms with Crippen molar-refractivity contribution in [2.45, 2.75) is 20.0 Å². The van der Waals surface area contributed by atoms with E-state index in [0.29, 0.717) is 0 Å². The first kappa shape index (κ1) is 15.8. The number of hydrogen-bond donors (Lipinski definition) is 0. The number of fused-ring (bicyclic) bond motifs is 2. The highest BCUT2D eigenvalue weighted by molar-refractivity contribution is 5.85. The van der Waals surface area contributed by atoms with Crippen molar-refractivity contribution in [3.05, 3.63) is 71.5 Å². The Morgan fingerprint density at radius 2 is 1.80 bits per heavy atom. The molecule has 0 amide bonds. The molecule has 0 spiro atoms. The number of rotatable bonds is 4. The van der Waals surface area contributed by atoms with Crippen LogP contribution in [0.3, 0.4) is 0 Å². The fourth-order valence-electron chi connectivity index (χ4n) is 3.53. The molecule has 0 atom stereocenters. The molecule has 126 valence electrons. The van der Waals surface area contributed by atoms with Gasteiger partial charge in [-0.25, -0.2) is 4.98 Å². The molecule has 0 radical (unpaired) electrons. The Kier molecular flexibility index (Phi) is 3.98. The second kappa shape index (κ2) is 6.30. The maximum absolute atomic E-state index is 4.59. The average Bonchev–Trinajstić information content (AvgIpc) is 2.89. The number of nitrogens with zero attached hydrogens (tertiary/aromatic N) is 4. The molecule has 4 heteroatoms. The zero-order valence-corrected chi connectivity index (χ0v) is 14.9. The van der Waals surface area contributed by atoms with Gasteiger partial charge in [-0.2, -0.15) is 5.10 Å². The van der Waals surface area contributed by atoms with E-state index in [1.54, 1.807) is 0 Å². The summed E-state index contributed by atoms with van der Waals surface area (Å²) < 4.78 is 1.84. The van der Waals surface area contributed by atoms with E-state index in [1.807, 2.05) is 24.9 Å². The molecular formula is C21H22N4. The lowest BCUT2D eigenvalue weighted by Crippen LogP contribution is -2.17. The summed E-state index contributed by atoms with van der Waals surface area (Å²) in [6.45, 7) is 3.81. The highest BCUT2D eigenvalue weighted by Crippen LogP contribution is 2.21. The van der Waals surface area contributed by atoms with E-state index < -0.39 is 0 Å². The Labute approximate surface area is 147 Å². The van der Waals surface area contributed by atoms with Crippen LogP contribution in [0.15, 0.2) is 54.7 Å². The van der Waals surface area contributed by atoms with E-state index in [1.165, 1.54) is 21.9 Å². The summed E-state index contributed by atoms with van der Waals surface area (Å²) in [5.74, 6) is 0. The van der Waals surface area contributed by atoms with Gasteiger partial charge < -0.3 is 0 Å². The van der Waals surface area contributed by atoms with Crippen molar-refractivity contribution in [1.82, 2.24) is 19.7 Å². The maximum atomic E-state index is 4.59. The van der Waals surface area contributed by atoms with Gasteiger partial charge in [-0.15, -0.1) is 0 Å². The predicted octanol–water partition coefficient (Wildman–Crippen LogP) is 4.06. The van der Waals surface area contributed by atoms with Gasteiger partial charge in [-0.05, 0) is 41.9 Å². The quantitative estimate of drug-likeness (QED) is 0.566. The van der Waals surface area contributed by atoms with Crippen LogP contribution in [-0.4, -0.2) is 26.7 Å². The zero-order valence-electron chi connectivity index (χ0n) is 14.9. The number of pyridine rings is 1. The first-order chi connectivity index (χ1) is 12.1. The molecule has 25 heavy (non-hydrogen) atoms. The van der Waals surface area contributed by atoms with Crippen molar-refractivity contribution in [3.63, 3.8) is 0 Å². The largest absolute Gasteiger partial charge is 0.298 e. The summed E-state index contributed by atoms with van der Waals surface area (Å²) in [6, 6.07) is 17.3. The molecule has 4 aromatic rings. The normalized spacial score (nSPS) is 11.7. The fraction of sp³-hybridized carbons (Fsp3) is 0.238. The van der Waals surface area contributed by atoms with Crippen molar-refractivity contribution >= 4 is 21.8 Å². The van der Waals surface area contributed by atoms with Crippen LogP contribution in [0.4, 0.5) is 0 Å². The molecule has 0 N–H and O–H groups in total. The first-order valence-electron chi connectivity index (χ1n) is 8.55. The minimum absolute atomic E-state index is 0.862. The van der Waals surface area contributed by atoms with E-state index in [0.717, 1.165) is 29.8 Å². The first-order valence-corrected chi connectivity index (χ1v) is 8.55.